The second-order valence-corrected chi connectivity index (χ2v) is 2.25. The van der Waals surface area contributed by atoms with Crippen molar-refractivity contribution in [2.24, 2.45) is 0 Å². The SMILES string of the molecule is O=c1[nH]c(Cl)cs1. The summed E-state index contributed by atoms with van der Waals surface area (Å²) in [5.74, 6) is 0. The Morgan fingerprint density at radius 1 is 1.86 bits per heavy atom. The van der Waals surface area contributed by atoms with Crippen molar-refractivity contribution in [1.82, 2.24) is 4.98 Å². The Labute approximate surface area is 48.8 Å². The summed E-state index contributed by atoms with van der Waals surface area (Å²) >= 11 is 6.38. The van der Waals surface area contributed by atoms with Crippen LogP contribution in [0.25, 0.3) is 0 Å². The first kappa shape index (κ1) is 4.87. The van der Waals surface area contributed by atoms with Crippen LogP contribution in [0.4, 0.5) is 0 Å². The van der Waals surface area contributed by atoms with Crippen molar-refractivity contribution >= 4 is 22.9 Å². The Kier molecular flexibility index (Phi) is 1.17. The van der Waals surface area contributed by atoms with Crippen molar-refractivity contribution in [2.45, 2.75) is 0 Å². The van der Waals surface area contributed by atoms with E-state index in [0.29, 0.717) is 5.15 Å². The van der Waals surface area contributed by atoms with Gasteiger partial charge in [0.05, 0.1) is 0 Å². The van der Waals surface area contributed by atoms with E-state index in [9.17, 15) is 4.79 Å². The van der Waals surface area contributed by atoms with Crippen molar-refractivity contribution in [3.63, 3.8) is 0 Å². The number of thiazole rings is 1. The fourth-order valence-electron chi connectivity index (χ4n) is 0.262. The van der Waals surface area contributed by atoms with Gasteiger partial charge in [-0.1, -0.05) is 22.9 Å². The maximum atomic E-state index is 10.2. The molecule has 2 nitrogen and oxygen atoms in total. The fourth-order valence-corrected chi connectivity index (χ4v) is 0.975. The average molecular weight is 136 g/mol. The zero-order chi connectivity index (χ0) is 5.28. The van der Waals surface area contributed by atoms with Crippen LogP contribution in [0.1, 0.15) is 0 Å². The van der Waals surface area contributed by atoms with E-state index in [4.69, 9.17) is 11.6 Å². The van der Waals surface area contributed by atoms with Crippen molar-refractivity contribution < 1.29 is 0 Å². The normalized spacial score (nSPS) is 9.29. The molecular formula is C3H2ClNOS. The van der Waals surface area contributed by atoms with Crippen LogP contribution in [-0.4, -0.2) is 4.98 Å². The molecule has 0 radical (unpaired) electrons. The highest BCUT2D eigenvalue weighted by Crippen LogP contribution is 2.00. The minimum absolute atomic E-state index is 0.106. The van der Waals surface area contributed by atoms with E-state index in [1.807, 2.05) is 0 Å². The molecule has 0 amide bonds. The van der Waals surface area contributed by atoms with E-state index in [1.54, 1.807) is 5.38 Å². The van der Waals surface area contributed by atoms with Crippen LogP contribution in [0.5, 0.6) is 0 Å². The maximum absolute atomic E-state index is 10.2. The highest BCUT2D eigenvalue weighted by Gasteiger charge is 1.85. The van der Waals surface area contributed by atoms with Crippen LogP contribution >= 0.6 is 22.9 Å². The summed E-state index contributed by atoms with van der Waals surface area (Å²) in [5, 5.41) is 1.97. The van der Waals surface area contributed by atoms with E-state index in [1.165, 1.54) is 0 Å². The van der Waals surface area contributed by atoms with Crippen LogP contribution in [0.15, 0.2) is 10.2 Å². The van der Waals surface area contributed by atoms with Gasteiger partial charge in [-0.3, -0.25) is 4.79 Å². The molecule has 38 valence electrons. The van der Waals surface area contributed by atoms with Crippen molar-refractivity contribution in [3.05, 3.63) is 20.2 Å². The highest BCUT2D eigenvalue weighted by atomic mass is 35.5. The lowest BCUT2D eigenvalue weighted by molar-refractivity contribution is 1.34. The third-order valence-electron chi connectivity index (χ3n) is 0.491. The van der Waals surface area contributed by atoms with Crippen LogP contribution in [-0.2, 0) is 0 Å². The van der Waals surface area contributed by atoms with Gasteiger partial charge in [-0.15, -0.1) is 0 Å². The molecule has 0 unspecified atom stereocenters. The molecule has 0 aromatic carbocycles. The molecule has 1 aromatic heterocycles. The average Bonchev–Trinajstić information content (AvgIpc) is 1.87. The number of nitrogens with one attached hydrogen (secondary N) is 1. The number of hydrogen-bond acceptors (Lipinski definition) is 2. The van der Waals surface area contributed by atoms with Crippen molar-refractivity contribution in [2.75, 3.05) is 0 Å². The second-order valence-electron chi connectivity index (χ2n) is 0.996. The molecule has 1 aromatic rings. The molecule has 0 bridgehead atoms. The summed E-state index contributed by atoms with van der Waals surface area (Å²) in [6.45, 7) is 0. The molecule has 0 aliphatic carbocycles. The molecule has 0 aliphatic rings. The maximum Gasteiger partial charge on any atom is 0.305 e. The molecule has 0 aliphatic heterocycles. The van der Waals surface area contributed by atoms with Gasteiger partial charge in [0.25, 0.3) is 0 Å². The summed E-state index contributed by atoms with van der Waals surface area (Å²) in [6, 6.07) is 0. The van der Waals surface area contributed by atoms with Gasteiger partial charge in [-0.25, -0.2) is 0 Å². The van der Waals surface area contributed by atoms with Gasteiger partial charge in [0.2, 0.25) is 0 Å². The molecule has 4 heteroatoms. The fraction of sp³-hybridized carbons (Fsp3) is 0. The van der Waals surface area contributed by atoms with Crippen molar-refractivity contribution in [1.29, 1.82) is 0 Å². The summed E-state index contributed by atoms with van der Waals surface area (Å²) in [7, 11) is 0. The monoisotopic (exact) mass is 135 g/mol. The Hall–Kier alpha value is -0.280. The molecule has 1 heterocycles. The van der Waals surface area contributed by atoms with Crippen LogP contribution in [0, 0.1) is 0 Å². The molecule has 0 saturated carbocycles. The predicted molar refractivity (Wildman–Crippen MR) is 29.9 cm³/mol. The summed E-state index contributed by atoms with van der Waals surface area (Å²) < 4.78 is 0. The highest BCUT2D eigenvalue weighted by molar-refractivity contribution is 7.07. The third-order valence-corrected chi connectivity index (χ3v) is 1.49. The molecule has 1 rings (SSSR count). The molecule has 1 N–H and O–H groups in total. The first-order valence-corrected chi connectivity index (χ1v) is 2.88. The topological polar surface area (TPSA) is 32.9 Å². The van der Waals surface area contributed by atoms with Gasteiger partial charge in [0.15, 0.2) is 0 Å². The van der Waals surface area contributed by atoms with Crippen molar-refractivity contribution in [3.8, 4) is 0 Å². The number of hydrogen-bond donors (Lipinski definition) is 1. The summed E-state index contributed by atoms with van der Waals surface area (Å²) in [5.41, 5.74) is 0. The Morgan fingerprint density at radius 2 is 2.57 bits per heavy atom. The molecular weight excluding hydrogens is 134 g/mol. The number of aromatic nitrogens is 1. The number of aromatic amines is 1. The van der Waals surface area contributed by atoms with Gasteiger partial charge in [-0.2, -0.15) is 0 Å². The quantitative estimate of drug-likeness (QED) is 0.568. The van der Waals surface area contributed by atoms with Gasteiger partial charge in [-0.05, 0) is 0 Å². The molecule has 0 fully saturated rings. The lowest BCUT2D eigenvalue weighted by Gasteiger charge is -1.64. The zero-order valence-corrected chi connectivity index (χ0v) is 4.84. The van der Waals surface area contributed by atoms with E-state index in [2.05, 4.69) is 4.98 Å². The first-order valence-electron chi connectivity index (χ1n) is 1.62. The van der Waals surface area contributed by atoms with E-state index >= 15 is 0 Å². The molecule has 0 saturated heterocycles. The lowest BCUT2D eigenvalue weighted by atomic mass is 11.0. The minimum Gasteiger partial charge on any atom is -0.303 e. The molecule has 0 spiro atoms. The number of halogens is 1. The van der Waals surface area contributed by atoms with Crippen LogP contribution in [0.2, 0.25) is 5.15 Å². The molecule has 7 heavy (non-hydrogen) atoms. The van der Waals surface area contributed by atoms with Gasteiger partial charge in [0, 0.05) is 5.38 Å². The lowest BCUT2D eigenvalue weighted by Crippen LogP contribution is -1.89. The smallest absolute Gasteiger partial charge is 0.303 e. The number of H-pyrrole nitrogens is 1. The largest absolute Gasteiger partial charge is 0.305 e. The third kappa shape index (κ3) is 1.04. The Bertz CT molecular complexity index is 203. The van der Waals surface area contributed by atoms with Crippen LogP contribution < -0.4 is 4.87 Å². The predicted octanol–water partition coefficient (Wildman–Crippen LogP) is 1.09. The standard InChI is InChI=1S/C3H2ClNOS/c4-2-1-7-3(6)5-2/h1H,(H,5,6). The van der Waals surface area contributed by atoms with Gasteiger partial charge in [0.1, 0.15) is 5.15 Å². The summed E-state index contributed by atoms with van der Waals surface area (Å²) in [6.07, 6.45) is 0. The van der Waals surface area contributed by atoms with E-state index in [0.717, 1.165) is 11.3 Å². The van der Waals surface area contributed by atoms with E-state index < -0.39 is 0 Å². The molecule has 0 atom stereocenters. The number of rotatable bonds is 0. The Balaban J connectivity index is 3.30. The van der Waals surface area contributed by atoms with Gasteiger partial charge >= 0.3 is 4.87 Å². The zero-order valence-electron chi connectivity index (χ0n) is 3.27. The van der Waals surface area contributed by atoms with E-state index in [-0.39, 0.29) is 4.87 Å². The Morgan fingerprint density at radius 3 is 2.71 bits per heavy atom. The minimum atomic E-state index is -0.106. The second kappa shape index (κ2) is 1.68. The van der Waals surface area contributed by atoms with Crippen LogP contribution in [0.3, 0.4) is 0 Å². The first-order chi connectivity index (χ1) is 3.29. The summed E-state index contributed by atoms with van der Waals surface area (Å²) in [4.78, 5) is 12.4. The van der Waals surface area contributed by atoms with Gasteiger partial charge < -0.3 is 4.98 Å².